The molecule has 1 fully saturated rings. The number of rotatable bonds is 3. The van der Waals surface area contributed by atoms with Crippen LogP contribution in [0.3, 0.4) is 0 Å². The summed E-state index contributed by atoms with van der Waals surface area (Å²) >= 11 is 1.42. The maximum atomic E-state index is 11.9. The molecular formula is C9H16N2O4S. The molecule has 0 radical (unpaired) electrons. The Balaban J connectivity index is 2.69. The number of hydrogen-bond acceptors (Lipinski definition) is 4. The smallest absolute Gasteiger partial charge is 0.327 e. The van der Waals surface area contributed by atoms with Gasteiger partial charge in [0.2, 0.25) is 0 Å². The molecule has 1 heterocycles. The van der Waals surface area contributed by atoms with Gasteiger partial charge >= 0.3 is 12.0 Å². The Morgan fingerprint density at radius 2 is 2.25 bits per heavy atom. The van der Waals surface area contributed by atoms with E-state index in [0.717, 1.165) is 0 Å². The zero-order valence-electron chi connectivity index (χ0n) is 9.29. The van der Waals surface area contributed by atoms with Crippen LogP contribution in [0.15, 0.2) is 0 Å². The third-order valence-corrected chi connectivity index (χ3v) is 3.65. The molecule has 16 heavy (non-hydrogen) atoms. The van der Waals surface area contributed by atoms with Gasteiger partial charge in [-0.3, -0.25) is 0 Å². The van der Waals surface area contributed by atoms with Gasteiger partial charge in [-0.1, -0.05) is 0 Å². The largest absolute Gasteiger partial charge is 0.480 e. The second-order valence-electron chi connectivity index (χ2n) is 3.75. The first kappa shape index (κ1) is 13.1. The molecule has 0 aromatic rings. The molecule has 1 aliphatic rings. The van der Waals surface area contributed by atoms with Crippen LogP contribution in [-0.4, -0.2) is 69.4 Å². The van der Waals surface area contributed by atoms with Gasteiger partial charge in [0, 0.05) is 12.8 Å². The third-order valence-electron chi connectivity index (χ3n) is 2.64. The monoisotopic (exact) mass is 248 g/mol. The molecule has 1 aliphatic heterocycles. The molecule has 0 bridgehead atoms. The Labute approximate surface area is 98.2 Å². The van der Waals surface area contributed by atoms with E-state index in [1.165, 1.54) is 21.6 Å². The minimum Gasteiger partial charge on any atom is -0.480 e. The Morgan fingerprint density at radius 1 is 1.62 bits per heavy atom. The third kappa shape index (κ3) is 2.59. The minimum atomic E-state index is -0.983. The predicted molar refractivity (Wildman–Crippen MR) is 60.3 cm³/mol. The first-order chi connectivity index (χ1) is 7.49. The number of urea groups is 1. The fourth-order valence-electron chi connectivity index (χ4n) is 1.35. The van der Waals surface area contributed by atoms with Gasteiger partial charge in [0.1, 0.15) is 6.04 Å². The van der Waals surface area contributed by atoms with E-state index < -0.39 is 12.0 Å². The molecule has 0 saturated carbocycles. The number of nitrogens with zero attached hydrogens (tertiary/aromatic N) is 2. The Morgan fingerprint density at radius 3 is 2.75 bits per heavy atom. The minimum absolute atomic E-state index is 0.138. The number of carboxylic acid groups (broad SMARTS) is 1. The van der Waals surface area contributed by atoms with Crippen molar-refractivity contribution < 1.29 is 19.8 Å². The topological polar surface area (TPSA) is 81.1 Å². The molecule has 2 amide bonds. The van der Waals surface area contributed by atoms with Crippen LogP contribution in [0.5, 0.6) is 0 Å². The van der Waals surface area contributed by atoms with Crippen molar-refractivity contribution in [2.24, 2.45) is 0 Å². The quantitative estimate of drug-likeness (QED) is 0.727. The van der Waals surface area contributed by atoms with Crippen LogP contribution in [0.25, 0.3) is 0 Å². The van der Waals surface area contributed by atoms with Gasteiger partial charge in [-0.05, 0) is 6.92 Å². The van der Waals surface area contributed by atoms with E-state index in [2.05, 4.69) is 0 Å². The van der Waals surface area contributed by atoms with Gasteiger partial charge in [-0.15, -0.1) is 11.8 Å². The van der Waals surface area contributed by atoms with Gasteiger partial charge in [-0.25, -0.2) is 9.59 Å². The summed E-state index contributed by atoms with van der Waals surface area (Å²) < 4.78 is 0. The molecule has 6 nitrogen and oxygen atoms in total. The van der Waals surface area contributed by atoms with Crippen molar-refractivity contribution in [1.82, 2.24) is 9.80 Å². The highest BCUT2D eigenvalue weighted by Gasteiger charge is 2.36. The van der Waals surface area contributed by atoms with E-state index in [-0.39, 0.29) is 18.7 Å². The van der Waals surface area contributed by atoms with Crippen molar-refractivity contribution in [3.05, 3.63) is 0 Å². The van der Waals surface area contributed by atoms with E-state index in [4.69, 9.17) is 10.2 Å². The van der Waals surface area contributed by atoms with Crippen molar-refractivity contribution in [2.45, 2.75) is 19.0 Å². The molecule has 2 atom stereocenters. The Kier molecular flexibility index (Phi) is 4.43. The second kappa shape index (κ2) is 5.40. The summed E-state index contributed by atoms with van der Waals surface area (Å²) in [6.07, 6.45) is 0. The van der Waals surface area contributed by atoms with Crippen molar-refractivity contribution in [3.63, 3.8) is 0 Å². The first-order valence-corrected chi connectivity index (χ1v) is 6.09. The molecule has 0 aromatic carbocycles. The highest BCUT2D eigenvalue weighted by atomic mass is 32.2. The van der Waals surface area contributed by atoms with E-state index in [1.807, 2.05) is 0 Å². The van der Waals surface area contributed by atoms with Crippen LogP contribution in [0, 0.1) is 0 Å². The summed E-state index contributed by atoms with van der Waals surface area (Å²) in [5.74, 6) is -0.177. The molecule has 1 saturated heterocycles. The van der Waals surface area contributed by atoms with E-state index >= 15 is 0 Å². The fraction of sp³-hybridized carbons (Fsp3) is 0.778. The Bertz CT molecular complexity index is 287. The number of carboxylic acids is 1. The maximum Gasteiger partial charge on any atom is 0.327 e. The molecule has 0 spiro atoms. The number of carbonyl (C=O) groups is 2. The van der Waals surface area contributed by atoms with Crippen molar-refractivity contribution >= 4 is 23.8 Å². The maximum absolute atomic E-state index is 11.9. The zero-order valence-corrected chi connectivity index (χ0v) is 10.1. The van der Waals surface area contributed by atoms with Crippen molar-refractivity contribution in [2.75, 3.05) is 25.3 Å². The van der Waals surface area contributed by atoms with Gasteiger partial charge < -0.3 is 20.0 Å². The summed E-state index contributed by atoms with van der Waals surface area (Å²) in [4.78, 5) is 25.5. The molecule has 1 rings (SSSR count). The summed E-state index contributed by atoms with van der Waals surface area (Å²) in [6, 6.07) is -1.42. The van der Waals surface area contributed by atoms with Crippen LogP contribution in [0.4, 0.5) is 4.79 Å². The van der Waals surface area contributed by atoms with E-state index in [9.17, 15) is 9.59 Å². The molecule has 2 unspecified atom stereocenters. The average molecular weight is 248 g/mol. The van der Waals surface area contributed by atoms with Gasteiger partial charge in [0.25, 0.3) is 0 Å². The van der Waals surface area contributed by atoms with Gasteiger partial charge in [0.05, 0.1) is 18.5 Å². The normalized spacial score (nSPS) is 21.9. The average Bonchev–Trinajstić information content (AvgIpc) is 2.74. The first-order valence-electron chi connectivity index (χ1n) is 4.94. The number of thioether (sulfide) groups is 1. The van der Waals surface area contributed by atoms with Crippen LogP contribution in [-0.2, 0) is 4.79 Å². The zero-order chi connectivity index (χ0) is 12.3. The Hall–Kier alpha value is -0.950. The fourth-order valence-corrected chi connectivity index (χ4v) is 2.49. The number of hydrogen-bond donors (Lipinski definition) is 2. The molecule has 92 valence electrons. The summed E-state index contributed by atoms with van der Waals surface area (Å²) in [5, 5.41) is 17.9. The molecule has 7 heteroatoms. The number of carbonyl (C=O) groups excluding carboxylic acids is 1. The van der Waals surface area contributed by atoms with Crippen molar-refractivity contribution in [1.29, 1.82) is 0 Å². The molecule has 2 N–H and O–H groups in total. The van der Waals surface area contributed by atoms with Crippen LogP contribution in [0.2, 0.25) is 0 Å². The summed E-state index contributed by atoms with van der Waals surface area (Å²) in [7, 11) is 1.56. The molecule has 0 aromatic heterocycles. The number of aliphatic carboxylic acids is 1. The van der Waals surface area contributed by atoms with Crippen LogP contribution in [0.1, 0.15) is 6.92 Å². The standard InChI is InChI=1S/C9H16N2O4S/c1-6(3-12)10(2)9(15)11-5-16-4-7(11)8(13)14/h6-7,12H,3-5H2,1-2H3,(H,13,14). The van der Waals surface area contributed by atoms with Crippen LogP contribution >= 0.6 is 11.8 Å². The van der Waals surface area contributed by atoms with Gasteiger partial charge in [0.15, 0.2) is 0 Å². The number of aliphatic hydroxyl groups excluding tert-OH is 1. The lowest BCUT2D eigenvalue weighted by molar-refractivity contribution is -0.140. The molecule has 0 aliphatic carbocycles. The van der Waals surface area contributed by atoms with E-state index in [0.29, 0.717) is 11.6 Å². The highest BCUT2D eigenvalue weighted by molar-refractivity contribution is 7.99. The highest BCUT2D eigenvalue weighted by Crippen LogP contribution is 2.22. The lowest BCUT2D eigenvalue weighted by Crippen LogP contribution is -2.50. The summed E-state index contributed by atoms with van der Waals surface area (Å²) in [6.45, 7) is 1.57. The van der Waals surface area contributed by atoms with Gasteiger partial charge in [-0.2, -0.15) is 0 Å². The lowest BCUT2D eigenvalue weighted by Gasteiger charge is -2.30. The number of amides is 2. The lowest BCUT2D eigenvalue weighted by atomic mass is 10.3. The summed E-state index contributed by atoms with van der Waals surface area (Å²) in [5.41, 5.74) is 0. The second-order valence-corrected chi connectivity index (χ2v) is 4.75. The van der Waals surface area contributed by atoms with E-state index in [1.54, 1.807) is 14.0 Å². The molecular weight excluding hydrogens is 232 g/mol. The number of likely N-dealkylation sites (N-methyl/N-ethyl adjacent to an activating group) is 1. The van der Waals surface area contributed by atoms with Crippen molar-refractivity contribution in [3.8, 4) is 0 Å². The van der Waals surface area contributed by atoms with Crippen LogP contribution < -0.4 is 0 Å². The number of aliphatic hydroxyl groups is 1. The SMILES string of the molecule is CC(CO)N(C)C(=O)N1CSCC1C(=O)O. The predicted octanol–water partition coefficient (Wildman–Crippen LogP) is -0.121.